The lowest BCUT2D eigenvalue weighted by molar-refractivity contribution is -0.139. The molecule has 5 nitrogen and oxygen atoms in total. The van der Waals surface area contributed by atoms with Crippen molar-refractivity contribution < 1.29 is 14.3 Å². The molecular formula is C19H26N2O3. The van der Waals surface area contributed by atoms with Gasteiger partial charge in [-0.1, -0.05) is 24.6 Å². The van der Waals surface area contributed by atoms with Crippen LogP contribution in [0.15, 0.2) is 30.3 Å². The van der Waals surface area contributed by atoms with E-state index in [1.165, 1.54) is 6.42 Å². The lowest BCUT2D eigenvalue weighted by atomic mass is 9.84. The Morgan fingerprint density at radius 1 is 1.08 bits per heavy atom. The van der Waals surface area contributed by atoms with Crippen LogP contribution in [-0.4, -0.2) is 42.5 Å². The summed E-state index contributed by atoms with van der Waals surface area (Å²) in [5, 5.41) is 3.06. The first kappa shape index (κ1) is 16.8. The van der Waals surface area contributed by atoms with E-state index in [4.69, 9.17) is 4.74 Å². The molecule has 1 aromatic carbocycles. The van der Waals surface area contributed by atoms with Gasteiger partial charge >= 0.3 is 0 Å². The first-order valence-electron chi connectivity index (χ1n) is 8.98. The molecule has 1 saturated carbocycles. The standard InChI is InChI=1S/C19H26N2O3/c22-18(11-14-24-17-7-2-1-3-8-17)20-16-9-12-21(13-10-16)19(23)15-5-4-6-15/h1-3,7-8,15-16H,4-6,9-14H2,(H,20,22). The number of carbonyl (C=O) groups excluding carboxylic acids is 2. The van der Waals surface area contributed by atoms with Gasteiger partial charge < -0.3 is 15.0 Å². The SMILES string of the molecule is O=C(CCOc1ccccc1)NC1CCN(C(=O)C2CCC2)CC1. The van der Waals surface area contributed by atoms with Gasteiger partial charge in [-0.05, 0) is 37.8 Å². The first-order valence-corrected chi connectivity index (χ1v) is 8.98. The van der Waals surface area contributed by atoms with Crippen LogP contribution < -0.4 is 10.1 Å². The number of rotatable bonds is 6. The van der Waals surface area contributed by atoms with Crippen LogP contribution in [0.25, 0.3) is 0 Å². The van der Waals surface area contributed by atoms with Crippen molar-refractivity contribution in [1.29, 1.82) is 0 Å². The molecule has 1 heterocycles. The maximum atomic E-state index is 12.2. The molecule has 0 aromatic heterocycles. The maximum Gasteiger partial charge on any atom is 0.225 e. The summed E-state index contributed by atoms with van der Waals surface area (Å²) in [6, 6.07) is 9.70. The Morgan fingerprint density at radius 3 is 2.42 bits per heavy atom. The smallest absolute Gasteiger partial charge is 0.225 e. The molecule has 0 spiro atoms. The molecule has 1 N–H and O–H groups in total. The summed E-state index contributed by atoms with van der Waals surface area (Å²) >= 11 is 0. The van der Waals surface area contributed by atoms with Crippen LogP contribution in [0.3, 0.4) is 0 Å². The molecule has 0 bridgehead atoms. The number of hydrogen-bond donors (Lipinski definition) is 1. The number of likely N-dealkylation sites (tertiary alicyclic amines) is 1. The molecule has 1 aromatic rings. The van der Waals surface area contributed by atoms with Crippen molar-refractivity contribution in [3.63, 3.8) is 0 Å². The van der Waals surface area contributed by atoms with Crippen LogP contribution in [0.2, 0.25) is 0 Å². The molecule has 0 atom stereocenters. The number of benzene rings is 1. The fourth-order valence-corrected chi connectivity index (χ4v) is 3.24. The quantitative estimate of drug-likeness (QED) is 0.871. The van der Waals surface area contributed by atoms with Gasteiger partial charge in [-0.25, -0.2) is 0 Å². The normalized spacial score (nSPS) is 18.8. The zero-order valence-corrected chi connectivity index (χ0v) is 14.1. The predicted octanol–water partition coefficient (Wildman–Crippen LogP) is 2.36. The molecule has 130 valence electrons. The van der Waals surface area contributed by atoms with Crippen molar-refractivity contribution in [3.8, 4) is 5.75 Å². The van der Waals surface area contributed by atoms with Crippen LogP contribution >= 0.6 is 0 Å². The molecule has 5 heteroatoms. The Balaban J connectivity index is 1.32. The number of nitrogens with zero attached hydrogens (tertiary/aromatic N) is 1. The molecule has 1 aliphatic carbocycles. The van der Waals surface area contributed by atoms with Crippen molar-refractivity contribution in [1.82, 2.24) is 10.2 Å². The summed E-state index contributed by atoms with van der Waals surface area (Å²) in [5.41, 5.74) is 0. The van der Waals surface area contributed by atoms with E-state index in [1.807, 2.05) is 35.2 Å². The average molecular weight is 330 g/mol. The number of ether oxygens (including phenoxy) is 1. The van der Waals surface area contributed by atoms with Gasteiger partial charge in [0.15, 0.2) is 0 Å². The number of piperidine rings is 1. The predicted molar refractivity (Wildman–Crippen MR) is 91.6 cm³/mol. The molecule has 0 unspecified atom stereocenters. The summed E-state index contributed by atoms with van der Waals surface area (Å²) in [7, 11) is 0. The second-order valence-electron chi connectivity index (χ2n) is 6.71. The Hall–Kier alpha value is -2.04. The van der Waals surface area contributed by atoms with Gasteiger partial charge in [0.05, 0.1) is 13.0 Å². The second-order valence-corrected chi connectivity index (χ2v) is 6.71. The molecule has 2 amide bonds. The summed E-state index contributed by atoms with van der Waals surface area (Å²) < 4.78 is 5.55. The highest BCUT2D eigenvalue weighted by Crippen LogP contribution is 2.29. The van der Waals surface area contributed by atoms with Crippen molar-refractivity contribution in [3.05, 3.63) is 30.3 Å². The number of hydrogen-bond acceptors (Lipinski definition) is 3. The lowest BCUT2D eigenvalue weighted by Gasteiger charge is -2.36. The summed E-state index contributed by atoms with van der Waals surface area (Å²) in [6.45, 7) is 1.91. The van der Waals surface area contributed by atoms with Gasteiger partial charge in [-0.2, -0.15) is 0 Å². The Bertz CT molecular complexity index is 549. The third-order valence-corrected chi connectivity index (χ3v) is 4.97. The van der Waals surface area contributed by atoms with E-state index < -0.39 is 0 Å². The fourth-order valence-electron chi connectivity index (χ4n) is 3.24. The highest BCUT2D eigenvalue weighted by atomic mass is 16.5. The van der Waals surface area contributed by atoms with Gasteiger partial charge in [0.25, 0.3) is 0 Å². The zero-order chi connectivity index (χ0) is 16.8. The second kappa shape index (κ2) is 8.18. The maximum absolute atomic E-state index is 12.2. The minimum atomic E-state index is 0.0229. The third-order valence-electron chi connectivity index (χ3n) is 4.97. The highest BCUT2D eigenvalue weighted by molar-refractivity contribution is 5.80. The largest absolute Gasteiger partial charge is 0.493 e. The van der Waals surface area contributed by atoms with E-state index in [1.54, 1.807) is 0 Å². The van der Waals surface area contributed by atoms with Gasteiger partial charge in [-0.15, -0.1) is 0 Å². The molecule has 24 heavy (non-hydrogen) atoms. The summed E-state index contributed by atoms with van der Waals surface area (Å²) in [5.74, 6) is 1.40. The fraction of sp³-hybridized carbons (Fsp3) is 0.579. The van der Waals surface area contributed by atoms with Crippen LogP contribution in [0.5, 0.6) is 5.75 Å². The lowest BCUT2D eigenvalue weighted by Crippen LogP contribution is -2.49. The number of amides is 2. The Morgan fingerprint density at radius 2 is 1.79 bits per heavy atom. The first-order chi connectivity index (χ1) is 11.7. The van der Waals surface area contributed by atoms with Gasteiger partial charge in [0.2, 0.25) is 11.8 Å². The molecule has 1 aliphatic heterocycles. The van der Waals surface area contributed by atoms with E-state index in [0.29, 0.717) is 18.9 Å². The molecule has 2 aliphatic rings. The monoisotopic (exact) mass is 330 g/mol. The average Bonchev–Trinajstić information content (AvgIpc) is 2.55. The van der Waals surface area contributed by atoms with Crippen LogP contribution in [0.4, 0.5) is 0 Å². The molecule has 0 radical (unpaired) electrons. The van der Waals surface area contributed by atoms with Crippen molar-refractivity contribution in [2.75, 3.05) is 19.7 Å². The zero-order valence-electron chi connectivity index (χ0n) is 14.1. The van der Waals surface area contributed by atoms with Crippen LogP contribution in [0, 0.1) is 5.92 Å². The van der Waals surface area contributed by atoms with E-state index >= 15 is 0 Å². The summed E-state index contributed by atoms with van der Waals surface area (Å²) in [6.07, 6.45) is 5.35. The van der Waals surface area contributed by atoms with Gasteiger partial charge in [-0.3, -0.25) is 9.59 Å². The van der Waals surface area contributed by atoms with E-state index in [-0.39, 0.29) is 17.9 Å². The highest BCUT2D eigenvalue weighted by Gasteiger charge is 2.31. The summed E-state index contributed by atoms with van der Waals surface area (Å²) in [4.78, 5) is 26.2. The molecule has 3 rings (SSSR count). The van der Waals surface area contributed by atoms with Crippen LogP contribution in [0.1, 0.15) is 38.5 Å². The van der Waals surface area contributed by atoms with Crippen molar-refractivity contribution >= 4 is 11.8 Å². The van der Waals surface area contributed by atoms with Gasteiger partial charge in [0.1, 0.15) is 5.75 Å². The van der Waals surface area contributed by atoms with E-state index in [2.05, 4.69) is 5.32 Å². The third kappa shape index (κ3) is 4.49. The Kier molecular flexibility index (Phi) is 5.72. The number of para-hydroxylation sites is 1. The molecular weight excluding hydrogens is 304 g/mol. The topological polar surface area (TPSA) is 58.6 Å². The van der Waals surface area contributed by atoms with E-state index in [9.17, 15) is 9.59 Å². The minimum absolute atomic E-state index is 0.0229. The van der Waals surface area contributed by atoms with E-state index in [0.717, 1.165) is 44.5 Å². The van der Waals surface area contributed by atoms with Crippen molar-refractivity contribution in [2.45, 2.75) is 44.6 Å². The molecule has 1 saturated heterocycles. The number of nitrogens with one attached hydrogen (secondary N) is 1. The van der Waals surface area contributed by atoms with Crippen molar-refractivity contribution in [2.24, 2.45) is 5.92 Å². The minimum Gasteiger partial charge on any atom is -0.493 e. The molecule has 2 fully saturated rings. The van der Waals surface area contributed by atoms with Gasteiger partial charge in [0, 0.05) is 25.0 Å². The Labute approximate surface area is 143 Å². The number of carbonyl (C=O) groups is 2. The van der Waals surface area contributed by atoms with Crippen LogP contribution in [-0.2, 0) is 9.59 Å².